The second-order valence-corrected chi connectivity index (χ2v) is 3.94. The summed E-state index contributed by atoms with van der Waals surface area (Å²) in [6, 6.07) is 17.2. The smallest absolute Gasteiger partial charge is 0.183 e. The monoisotopic (exact) mass is 278 g/mol. The van der Waals surface area contributed by atoms with E-state index in [4.69, 9.17) is 11.8 Å². The summed E-state index contributed by atoms with van der Waals surface area (Å²) in [6.07, 6.45) is 0. The van der Waals surface area contributed by atoms with Gasteiger partial charge in [0, 0.05) is 11.8 Å². The van der Waals surface area contributed by atoms with Gasteiger partial charge in [-0.15, -0.1) is 0 Å². The molecule has 2 aromatic rings. The van der Waals surface area contributed by atoms with Gasteiger partial charge in [-0.25, -0.2) is 10.1 Å². The highest BCUT2D eigenvalue weighted by Crippen LogP contribution is 2.16. The average molecular weight is 279 g/mol. The van der Waals surface area contributed by atoms with Crippen molar-refractivity contribution in [3.63, 3.8) is 0 Å². The molecular formula is C12H11ClN4O2. The number of halogens is 1. The Morgan fingerprint density at radius 1 is 0.947 bits per heavy atom. The molecule has 0 heterocycles. The van der Waals surface area contributed by atoms with Crippen molar-refractivity contribution in [2.75, 3.05) is 9.65 Å². The molecule has 0 fully saturated rings. The molecule has 19 heavy (non-hydrogen) atoms. The molecule has 2 aromatic carbocycles. The quantitative estimate of drug-likeness (QED) is 0.518. The Kier molecular flexibility index (Phi) is 4.17. The number of nitrogens with zero attached hydrogens (tertiary/aromatic N) is 3. The lowest BCUT2D eigenvalue weighted by molar-refractivity contribution is -0.503. The van der Waals surface area contributed by atoms with Gasteiger partial charge in [-0.2, -0.15) is 4.53 Å². The largest absolute Gasteiger partial charge is 0.233 e. The zero-order valence-corrected chi connectivity index (χ0v) is 10.6. The van der Waals surface area contributed by atoms with E-state index >= 15 is 0 Å². The summed E-state index contributed by atoms with van der Waals surface area (Å²) in [5.74, 6) is 0. The van der Waals surface area contributed by atoms with Gasteiger partial charge in [-0.1, -0.05) is 41.9 Å². The van der Waals surface area contributed by atoms with Crippen LogP contribution in [-0.4, -0.2) is 5.03 Å². The zero-order chi connectivity index (χ0) is 13.7. The number of benzene rings is 2. The third kappa shape index (κ3) is 3.34. The first-order valence-electron chi connectivity index (χ1n) is 5.45. The lowest BCUT2D eigenvalue weighted by Gasteiger charge is -2.21. The van der Waals surface area contributed by atoms with E-state index in [1.807, 2.05) is 6.07 Å². The Hall–Kier alpha value is -2.31. The van der Waals surface area contributed by atoms with E-state index in [0.29, 0.717) is 11.4 Å². The van der Waals surface area contributed by atoms with Crippen molar-refractivity contribution >= 4 is 23.2 Å². The van der Waals surface area contributed by atoms with Gasteiger partial charge >= 0.3 is 0 Å². The van der Waals surface area contributed by atoms with E-state index in [1.54, 1.807) is 54.6 Å². The van der Waals surface area contributed by atoms with E-state index in [2.05, 4.69) is 5.53 Å². The van der Waals surface area contributed by atoms with Crippen LogP contribution in [0.4, 0.5) is 11.4 Å². The summed E-state index contributed by atoms with van der Waals surface area (Å²) < 4.78 is 1.05. The second-order valence-electron chi connectivity index (χ2n) is 3.60. The molecule has 0 unspecified atom stereocenters. The molecule has 2 rings (SSSR count). The van der Waals surface area contributed by atoms with Crippen molar-refractivity contribution in [2.45, 2.75) is 0 Å². The van der Waals surface area contributed by atoms with Gasteiger partial charge in [0.05, 0.1) is 5.69 Å². The lowest BCUT2D eigenvalue weighted by atomic mass is 10.3. The maximum Gasteiger partial charge on any atom is 0.183 e. The number of hydrogen-bond donors (Lipinski definition) is 1. The van der Waals surface area contributed by atoms with Crippen LogP contribution in [0.3, 0.4) is 0 Å². The molecule has 98 valence electrons. The van der Waals surface area contributed by atoms with Crippen LogP contribution in [0.2, 0.25) is 0 Å². The highest BCUT2D eigenvalue weighted by Gasteiger charge is 2.19. The average Bonchev–Trinajstić information content (AvgIpc) is 2.46. The van der Waals surface area contributed by atoms with Crippen molar-refractivity contribution in [3.8, 4) is 0 Å². The molecule has 0 amide bonds. The summed E-state index contributed by atoms with van der Waals surface area (Å²) in [5.41, 5.74) is 3.44. The van der Waals surface area contributed by atoms with Gasteiger partial charge in [-0.05, 0) is 29.4 Å². The maximum atomic E-state index is 11.1. The number of hydrogen-bond acceptors (Lipinski definition) is 4. The van der Waals surface area contributed by atoms with Crippen molar-refractivity contribution in [3.05, 3.63) is 70.8 Å². The topological polar surface area (TPSA) is 61.7 Å². The molecule has 1 N–H and O–H groups in total. The Bertz CT molecular complexity index is 538. The standard InChI is InChI=1S/C12H11ClN4O2/c13-15(11-7-3-1-4-8-11)14-16(17(18)19)12-9-5-2-6-10-12/h1-10,14H. The Balaban J connectivity index is 2.16. The number of anilines is 2. The van der Waals surface area contributed by atoms with Crippen LogP contribution in [0.1, 0.15) is 0 Å². The van der Waals surface area contributed by atoms with Crippen molar-refractivity contribution in [1.82, 2.24) is 5.53 Å². The Labute approximate surface area is 115 Å². The van der Waals surface area contributed by atoms with Crippen LogP contribution in [-0.2, 0) is 0 Å². The van der Waals surface area contributed by atoms with Crippen LogP contribution in [0.25, 0.3) is 0 Å². The van der Waals surface area contributed by atoms with Gasteiger partial charge in [-0.3, -0.25) is 0 Å². The van der Waals surface area contributed by atoms with Crippen molar-refractivity contribution in [1.29, 1.82) is 0 Å². The maximum absolute atomic E-state index is 11.1. The molecular weight excluding hydrogens is 268 g/mol. The molecule has 0 aliphatic carbocycles. The minimum Gasteiger partial charge on any atom is -0.233 e. The molecule has 0 aliphatic rings. The highest BCUT2D eigenvalue weighted by atomic mass is 35.5. The predicted octanol–water partition coefficient (Wildman–Crippen LogP) is 2.76. The van der Waals surface area contributed by atoms with E-state index in [9.17, 15) is 10.1 Å². The van der Waals surface area contributed by atoms with E-state index < -0.39 is 5.03 Å². The van der Waals surface area contributed by atoms with Crippen molar-refractivity contribution in [2.24, 2.45) is 0 Å². The fourth-order valence-electron chi connectivity index (χ4n) is 1.46. The minimum atomic E-state index is -0.590. The Morgan fingerprint density at radius 2 is 1.42 bits per heavy atom. The van der Waals surface area contributed by atoms with Crippen LogP contribution in [0.5, 0.6) is 0 Å². The van der Waals surface area contributed by atoms with E-state index in [-0.39, 0.29) is 0 Å². The third-order valence-electron chi connectivity index (χ3n) is 2.33. The number of nitro groups is 1. The molecule has 0 spiro atoms. The van der Waals surface area contributed by atoms with Gasteiger partial charge in [0.2, 0.25) is 0 Å². The van der Waals surface area contributed by atoms with E-state index in [0.717, 1.165) is 9.65 Å². The fraction of sp³-hybridized carbons (Fsp3) is 0. The molecule has 0 aliphatic heterocycles. The first kappa shape index (κ1) is 13.1. The Morgan fingerprint density at radius 3 is 1.89 bits per heavy atom. The second kappa shape index (κ2) is 6.03. The van der Waals surface area contributed by atoms with Gasteiger partial charge in [0.25, 0.3) is 0 Å². The number of hydrazine groups is 3. The summed E-state index contributed by atoms with van der Waals surface area (Å²) in [6.45, 7) is 0. The molecule has 0 atom stereocenters. The van der Waals surface area contributed by atoms with Crippen LogP contribution >= 0.6 is 11.8 Å². The van der Waals surface area contributed by atoms with Gasteiger partial charge in [0.15, 0.2) is 5.03 Å². The summed E-state index contributed by atoms with van der Waals surface area (Å²) >= 11 is 5.97. The van der Waals surface area contributed by atoms with Crippen LogP contribution in [0.15, 0.2) is 60.7 Å². The first-order valence-corrected chi connectivity index (χ1v) is 5.79. The fourth-order valence-corrected chi connectivity index (χ4v) is 1.64. The van der Waals surface area contributed by atoms with E-state index in [1.165, 1.54) is 0 Å². The number of para-hydroxylation sites is 2. The molecule has 0 bridgehead atoms. The molecule has 6 nitrogen and oxygen atoms in total. The normalized spacial score (nSPS) is 9.95. The summed E-state index contributed by atoms with van der Waals surface area (Å²) in [7, 11) is 0. The lowest BCUT2D eigenvalue weighted by Crippen LogP contribution is -2.49. The molecule has 0 saturated carbocycles. The number of nitrogens with one attached hydrogen (secondary N) is 1. The van der Waals surface area contributed by atoms with Gasteiger partial charge < -0.3 is 0 Å². The SMILES string of the molecule is O=[N+]([O-])N(NN(Cl)c1ccccc1)c1ccccc1. The number of rotatable bonds is 5. The highest BCUT2D eigenvalue weighted by molar-refractivity contribution is 6.25. The van der Waals surface area contributed by atoms with Crippen LogP contribution in [0, 0.1) is 10.1 Å². The minimum absolute atomic E-state index is 0.370. The summed E-state index contributed by atoms with van der Waals surface area (Å²) in [5, 5.41) is 11.2. The third-order valence-corrected chi connectivity index (χ3v) is 2.60. The van der Waals surface area contributed by atoms with Crippen molar-refractivity contribution < 1.29 is 5.03 Å². The molecule has 0 saturated heterocycles. The molecule has 7 heteroatoms. The van der Waals surface area contributed by atoms with Gasteiger partial charge in [0.1, 0.15) is 5.69 Å². The first-order chi connectivity index (χ1) is 9.18. The summed E-state index contributed by atoms with van der Waals surface area (Å²) in [4.78, 5) is 11.1. The molecule has 0 radical (unpaired) electrons. The zero-order valence-electron chi connectivity index (χ0n) is 9.81. The molecule has 0 aromatic heterocycles. The van der Waals surface area contributed by atoms with Crippen LogP contribution < -0.4 is 15.2 Å². The predicted molar refractivity (Wildman–Crippen MR) is 73.8 cm³/mol.